The average Bonchev–Trinajstić information content (AvgIpc) is 2.83. The molecule has 0 atom stereocenters. The van der Waals surface area contributed by atoms with E-state index in [9.17, 15) is 14.4 Å². The van der Waals surface area contributed by atoms with Crippen molar-refractivity contribution in [3.8, 4) is 23.0 Å². The van der Waals surface area contributed by atoms with Gasteiger partial charge in [0.15, 0.2) is 11.5 Å². The lowest BCUT2D eigenvalue weighted by Crippen LogP contribution is -2.52. The van der Waals surface area contributed by atoms with Crippen LogP contribution < -0.4 is 18.9 Å². The number of hydrogen-bond acceptors (Lipinski definition) is 7. The summed E-state index contributed by atoms with van der Waals surface area (Å²) in [6, 6.07) is 9.94. The van der Waals surface area contributed by atoms with Crippen LogP contribution in [0.3, 0.4) is 0 Å². The first-order chi connectivity index (χ1) is 16.3. The predicted molar refractivity (Wildman–Crippen MR) is 128 cm³/mol. The predicted octanol–water partition coefficient (Wildman–Crippen LogP) is 3.75. The van der Waals surface area contributed by atoms with Gasteiger partial charge in [-0.1, -0.05) is 6.07 Å². The lowest BCUT2D eigenvalue weighted by molar-refractivity contribution is -0.134. The van der Waals surface area contributed by atoms with E-state index in [0.29, 0.717) is 39.6 Å². The molecule has 10 heteroatoms. The summed E-state index contributed by atoms with van der Waals surface area (Å²) >= 11 is 3.48. The molecule has 0 N–H and O–H groups in total. The molecule has 0 aromatic heterocycles. The quantitative estimate of drug-likeness (QED) is 0.275. The van der Waals surface area contributed by atoms with Gasteiger partial charge in [-0.3, -0.25) is 19.4 Å². The maximum atomic E-state index is 12.5. The lowest BCUT2D eigenvalue weighted by Gasteiger charge is -2.28. The van der Waals surface area contributed by atoms with Crippen LogP contribution in [0, 0.1) is 0 Å². The van der Waals surface area contributed by atoms with Crippen molar-refractivity contribution >= 4 is 39.9 Å². The topological polar surface area (TPSA) is 94.6 Å². The molecule has 0 unspecified atom stereocenters. The van der Waals surface area contributed by atoms with E-state index in [1.54, 1.807) is 25.3 Å². The van der Waals surface area contributed by atoms with E-state index >= 15 is 0 Å². The smallest absolute Gasteiger partial charge is 0.333 e. The van der Waals surface area contributed by atoms with Gasteiger partial charge in [0.05, 0.1) is 18.2 Å². The number of hydrogen-bond donors (Lipinski definition) is 0. The molecule has 2 aromatic rings. The van der Waals surface area contributed by atoms with Crippen LogP contribution in [0.5, 0.6) is 23.0 Å². The fourth-order valence-electron chi connectivity index (χ4n) is 3.21. The van der Waals surface area contributed by atoms with Gasteiger partial charge in [0.1, 0.15) is 30.3 Å². The molecule has 9 nitrogen and oxygen atoms in total. The number of carbonyl (C=O) groups excluding carboxylic acids is 3. The molecule has 0 radical (unpaired) electrons. The van der Waals surface area contributed by atoms with E-state index in [4.69, 9.17) is 18.9 Å². The Morgan fingerprint density at radius 2 is 1.56 bits per heavy atom. The largest absolute Gasteiger partial charge is 0.497 e. The molecule has 0 bridgehead atoms. The van der Waals surface area contributed by atoms with E-state index in [1.807, 2.05) is 25.1 Å². The van der Waals surface area contributed by atoms with Crippen molar-refractivity contribution in [2.45, 2.75) is 6.92 Å². The average molecular weight is 533 g/mol. The van der Waals surface area contributed by atoms with E-state index in [2.05, 4.69) is 15.9 Å². The summed E-state index contributed by atoms with van der Waals surface area (Å²) in [6.07, 6.45) is 1.42. The van der Waals surface area contributed by atoms with Crippen molar-refractivity contribution in [1.82, 2.24) is 9.80 Å². The molecule has 2 aromatic carbocycles. The third-order valence-electron chi connectivity index (χ3n) is 4.93. The number of urea groups is 1. The number of methoxy groups -OCH3 is 1. The van der Waals surface area contributed by atoms with Crippen molar-refractivity contribution in [2.24, 2.45) is 0 Å². The number of carbonyl (C=O) groups is 3. The molecule has 0 saturated carbocycles. The molecule has 34 heavy (non-hydrogen) atoms. The molecule has 0 spiro atoms. The van der Waals surface area contributed by atoms with Crippen LogP contribution in [-0.4, -0.2) is 68.7 Å². The van der Waals surface area contributed by atoms with Gasteiger partial charge in [-0.15, -0.1) is 0 Å². The number of imide groups is 2. The normalized spacial score (nSPS) is 13.8. The Morgan fingerprint density at radius 1 is 0.912 bits per heavy atom. The zero-order valence-corrected chi connectivity index (χ0v) is 20.9. The molecule has 4 amide bonds. The number of likely N-dealkylation sites (N-methyl/N-ethyl adjacent to an activating group) is 2. The molecular weight excluding hydrogens is 508 g/mol. The number of rotatable bonds is 9. The van der Waals surface area contributed by atoms with Crippen molar-refractivity contribution in [1.29, 1.82) is 0 Å². The van der Waals surface area contributed by atoms with Crippen LogP contribution in [0.25, 0.3) is 6.08 Å². The van der Waals surface area contributed by atoms with Crippen molar-refractivity contribution in [2.75, 3.05) is 41.0 Å². The Bertz CT molecular complexity index is 1110. The van der Waals surface area contributed by atoms with Gasteiger partial charge in [-0.25, -0.2) is 4.79 Å². The second-order valence-electron chi connectivity index (χ2n) is 7.21. The van der Waals surface area contributed by atoms with Crippen LogP contribution in [-0.2, 0) is 9.59 Å². The highest BCUT2D eigenvalue weighted by molar-refractivity contribution is 9.10. The van der Waals surface area contributed by atoms with Crippen LogP contribution in [0.15, 0.2) is 46.4 Å². The van der Waals surface area contributed by atoms with Crippen LogP contribution in [0.2, 0.25) is 0 Å². The number of barbiturate groups is 1. The number of nitrogens with zero attached hydrogens (tertiary/aromatic N) is 2. The van der Waals surface area contributed by atoms with Gasteiger partial charge < -0.3 is 18.9 Å². The van der Waals surface area contributed by atoms with Crippen LogP contribution in [0.4, 0.5) is 4.79 Å². The summed E-state index contributed by atoms with van der Waals surface area (Å²) in [5.74, 6) is 0.905. The van der Waals surface area contributed by atoms with Gasteiger partial charge in [-0.05, 0) is 58.8 Å². The van der Waals surface area contributed by atoms with Gasteiger partial charge in [0.2, 0.25) is 0 Å². The van der Waals surface area contributed by atoms with Gasteiger partial charge in [0, 0.05) is 20.2 Å². The highest BCUT2D eigenvalue weighted by Gasteiger charge is 2.37. The van der Waals surface area contributed by atoms with Crippen LogP contribution in [0.1, 0.15) is 12.5 Å². The number of halogens is 1. The maximum absolute atomic E-state index is 12.5. The lowest BCUT2D eigenvalue weighted by atomic mass is 10.1. The molecule has 1 heterocycles. The molecule has 1 fully saturated rings. The standard InChI is InChI=1S/C24H25BrN2O7/c1-5-32-20-13-15(11-18-22(28)26(2)24(30)27(3)23(18)29)12-19(25)21(20)34-10-9-33-17-8-6-7-16(14-17)31-4/h6-8,11-14H,5,9-10H2,1-4H3. The van der Waals surface area contributed by atoms with Crippen molar-refractivity contribution < 1.29 is 33.3 Å². The Hall–Kier alpha value is -3.53. The van der Waals surface area contributed by atoms with Gasteiger partial charge in [0.25, 0.3) is 11.8 Å². The minimum Gasteiger partial charge on any atom is -0.497 e. The first kappa shape index (κ1) is 25.1. The summed E-state index contributed by atoms with van der Waals surface area (Å²) in [5, 5.41) is 0. The Morgan fingerprint density at radius 3 is 2.21 bits per heavy atom. The molecule has 3 rings (SSSR count). The maximum Gasteiger partial charge on any atom is 0.333 e. The first-order valence-electron chi connectivity index (χ1n) is 10.4. The molecule has 180 valence electrons. The molecule has 0 aliphatic carbocycles. The number of ether oxygens (including phenoxy) is 4. The molecular formula is C24H25BrN2O7. The van der Waals surface area contributed by atoms with E-state index in [0.717, 1.165) is 9.80 Å². The Kier molecular flexibility index (Phi) is 8.17. The fraction of sp³-hybridized carbons (Fsp3) is 0.292. The molecule has 1 aliphatic heterocycles. The van der Waals surface area contributed by atoms with Crippen molar-refractivity contribution in [3.63, 3.8) is 0 Å². The summed E-state index contributed by atoms with van der Waals surface area (Å²) in [7, 11) is 4.24. The molecule has 1 aliphatic rings. The third-order valence-corrected chi connectivity index (χ3v) is 5.52. The van der Waals surface area contributed by atoms with Gasteiger partial charge in [-0.2, -0.15) is 0 Å². The summed E-state index contributed by atoms with van der Waals surface area (Å²) in [4.78, 5) is 38.7. The first-order valence-corrected chi connectivity index (χ1v) is 11.2. The Labute approximate surface area is 205 Å². The Balaban J connectivity index is 1.77. The fourth-order valence-corrected chi connectivity index (χ4v) is 3.78. The SMILES string of the molecule is CCOc1cc(C=C2C(=O)N(C)C(=O)N(C)C2=O)cc(Br)c1OCCOc1cccc(OC)c1. The van der Waals surface area contributed by atoms with E-state index < -0.39 is 17.8 Å². The number of benzene rings is 2. The van der Waals surface area contributed by atoms with Crippen molar-refractivity contribution in [3.05, 3.63) is 52.0 Å². The van der Waals surface area contributed by atoms with E-state index in [1.165, 1.54) is 20.2 Å². The van der Waals surface area contributed by atoms with Crippen LogP contribution >= 0.6 is 15.9 Å². The minimum absolute atomic E-state index is 0.126. The molecule has 1 saturated heterocycles. The summed E-state index contributed by atoms with van der Waals surface area (Å²) < 4.78 is 23.1. The number of amides is 4. The zero-order chi connectivity index (χ0) is 24.8. The summed E-state index contributed by atoms with van der Waals surface area (Å²) in [6.45, 7) is 2.73. The van der Waals surface area contributed by atoms with Gasteiger partial charge >= 0.3 is 6.03 Å². The second-order valence-corrected chi connectivity index (χ2v) is 8.06. The highest BCUT2D eigenvalue weighted by Crippen LogP contribution is 2.38. The monoisotopic (exact) mass is 532 g/mol. The summed E-state index contributed by atoms with van der Waals surface area (Å²) in [5.41, 5.74) is 0.405. The third kappa shape index (κ3) is 5.51. The van der Waals surface area contributed by atoms with E-state index in [-0.39, 0.29) is 18.8 Å². The minimum atomic E-state index is -0.678. The zero-order valence-electron chi connectivity index (χ0n) is 19.3. The highest BCUT2D eigenvalue weighted by atomic mass is 79.9. The second kappa shape index (κ2) is 11.1.